The van der Waals surface area contributed by atoms with E-state index in [0.29, 0.717) is 24.6 Å². The molecule has 30 heavy (non-hydrogen) atoms. The van der Waals surface area contributed by atoms with Crippen molar-refractivity contribution in [3.63, 3.8) is 0 Å². The number of thioether (sulfide) groups is 1. The number of nitro groups is 1. The first-order valence-electron chi connectivity index (χ1n) is 9.43. The van der Waals surface area contributed by atoms with Crippen LogP contribution in [-0.2, 0) is 16.1 Å². The molecule has 1 aromatic carbocycles. The Morgan fingerprint density at radius 3 is 2.83 bits per heavy atom. The van der Waals surface area contributed by atoms with Crippen LogP contribution in [0.15, 0.2) is 47.6 Å². The summed E-state index contributed by atoms with van der Waals surface area (Å²) < 4.78 is 5.67. The molecule has 10 heteroatoms. The van der Waals surface area contributed by atoms with E-state index >= 15 is 0 Å². The van der Waals surface area contributed by atoms with Crippen molar-refractivity contribution in [1.82, 2.24) is 9.88 Å². The fourth-order valence-corrected chi connectivity index (χ4v) is 4.07. The van der Waals surface area contributed by atoms with Gasteiger partial charge in [-0.2, -0.15) is 0 Å². The molecule has 0 radical (unpaired) electrons. The molecule has 1 saturated heterocycles. The summed E-state index contributed by atoms with van der Waals surface area (Å²) in [6.45, 7) is 1.53. The van der Waals surface area contributed by atoms with Crippen LogP contribution in [0.1, 0.15) is 28.8 Å². The monoisotopic (exact) mass is 430 g/mol. The summed E-state index contributed by atoms with van der Waals surface area (Å²) >= 11 is 1.06. The number of ether oxygens (including phenoxy) is 1. The molecule has 1 aliphatic rings. The second-order valence-corrected chi connectivity index (χ2v) is 7.88. The molecule has 3 rings (SSSR count). The van der Waals surface area contributed by atoms with E-state index in [1.165, 1.54) is 12.1 Å². The van der Waals surface area contributed by atoms with Crippen LogP contribution >= 0.6 is 11.8 Å². The first-order chi connectivity index (χ1) is 14.4. The van der Waals surface area contributed by atoms with Crippen LogP contribution in [0.2, 0.25) is 0 Å². The van der Waals surface area contributed by atoms with Crippen LogP contribution < -0.4 is 5.73 Å². The van der Waals surface area contributed by atoms with E-state index in [1.807, 2.05) is 12.1 Å². The molecule has 0 spiro atoms. The minimum Gasteiger partial charge on any atom is -0.376 e. The smallest absolute Gasteiger partial charge is 0.283 e. The zero-order valence-corrected chi connectivity index (χ0v) is 17.0. The fourth-order valence-electron chi connectivity index (χ4n) is 3.17. The van der Waals surface area contributed by atoms with Gasteiger partial charge in [-0.1, -0.05) is 6.07 Å². The summed E-state index contributed by atoms with van der Waals surface area (Å²) in [6.07, 6.45) is 5.22. The van der Waals surface area contributed by atoms with Crippen molar-refractivity contribution in [2.24, 2.45) is 5.73 Å². The number of hydrogen-bond donors (Lipinski definition) is 1. The Hall–Kier alpha value is -2.98. The summed E-state index contributed by atoms with van der Waals surface area (Å²) in [5, 5.41) is 11.4. The first-order valence-corrected chi connectivity index (χ1v) is 10.4. The fraction of sp³-hybridized carbons (Fsp3) is 0.350. The summed E-state index contributed by atoms with van der Waals surface area (Å²) in [5.74, 6) is -0.887. The maximum Gasteiger partial charge on any atom is 0.283 e. The molecular formula is C20H22N4O5S. The van der Waals surface area contributed by atoms with E-state index in [1.54, 1.807) is 17.3 Å². The highest BCUT2D eigenvalue weighted by atomic mass is 32.2. The number of nitro benzene ring substituents is 1. The standard InChI is InChI=1S/C20H22N4O5S/c21-20(26)15-5-6-18(17(9-15)24(27)28)30-13-19(25)23(12-16-4-2-8-29-16)11-14-3-1-7-22-10-14/h1,3,5-7,9-10,16H,2,4,8,11-13H2,(H2,21,26). The molecule has 2 aromatic rings. The number of pyridine rings is 1. The number of primary amides is 1. The average molecular weight is 430 g/mol. The van der Waals surface area contributed by atoms with Gasteiger partial charge >= 0.3 is 0 Å². The van der Waals surface area contributed by atoms with Gasteiger partial charge in [0.2, 0.25) is 11.8 Å². The van der Waals surface area contributed by atoms with Gasteiger partial charge in [-0.3, -0.25) is 24.7 Å². The Morgan fingerprint density at radius 2 is 2.20 bits per heavy atom. The molecule has 1 aliphatic heterocycles. The lowest BCUT2D eigenvalue weighted by molar-refractivity contribution is -0.387. The molecule has 1 unspecified atom stereocenters. The van der Waals surface area contributed by atoms with Crippen molar-refractivity contribution >= 4 is 29.3 Å². The Morgan fingerprint density at radius 1 is 1.37 bits per heavy atom. The number of nitrogens with zero attached hydrogens (tertiary/aromatic N) is 3. The molecule has 158 valence electrons. The van der Waals surface area contributed by atoms with Crippen molar-refractivity contribution in [2.45, 2.75) is 30.4 Å². The Labute approximate surface area is 177 Å². The number of rotatable bonds is 9. The second kappa shape index (κ2) is 10.2. The van der Waals surface area contributed by atoms with Crippen molar-refractivity contribution < 1.29 is 19.2 Å². The van der Waals surface area contributed by atoms with Crippen molar-refractivity contribution in [3.8, 4) is 0 Å². The number of aromatic nitrogens is 1. The molecule has 2 N–H and O–H groups in total. The molecule has 2 heterocycles. The SMILES string of the molecule is NC(=O)c1ccc(SCC(=O)N(Cc2cccnc2)CC2CCCO2)c([N+](=O)[O-])c1. The van der Waals surface area contributed by atoms with Crippen LogP contribution in [0.25, 0.3) is 0 Å². The van der Waals surface area contributed by atoms with Gasteiger partial charge in [-0.05, 0) is 36.6 Å². The first kappa shape index (κ1) is 21.7. The topological polar surface area (TPSA) is 129 Å². The lowest BCUT2D eigenvalue weighted by Gasteiger charge is -2.25. The molecule has 0 aliphatic carbocycles. The second-order valence-electron chi connectivity index (χ2n) is 6.86. The Bertz CT molecular complexity index is 919. The predicted octanol–water partition coefficient (Wildman–Crippen LogP) is 2.39. The van der Waals surface area contributed by atoms with Gasteiger partial charge in [0.05, 0.1) is 21.7 Å². The highest BCUT2D eigenvalue weighted by Crippen LogP contribution is 2.30. The molecular weight excluding hydrogens is 408 g/mol. The van der Waals surface area contributed by atoms with Gasteiger partial charge < -0.3 is 15.4 Å². The third kappa shape index (κ3) is 5.77. The van der Waals surface area contributed by atoms with E-state index in [-0.39, 0.29) is 29.0 Å². The van der Waals surface area contributed by atoms with E-state index in [0.717, 1.165) is 36.2 Å². The Kier molecular flexibility index (Phi) is 7.36. The van der Waals surface area contributed by atoms with Gasteiger partial charge in [0.15, 0.2) is 0 Å². The zero-order valence-electron chi connectivity index (χ0n) is 16.2. The van der Waals surface area contributed by atoms with Crippen LogP contribution in [0, 0.1) is 10.1 Å². The number of hydrogen-bond acceptors (Lipinski definition) is 7. The van der Waals surface area contributed by atoms with Gasteiger partial charge in [0, 0.05) is 43.7 Å². The molecule has 1 atom stereocenters. The summed E-state index contributed by atoms with van der Waals surface area (Å²) in [4.78, 5) is 41.1. The maximum absolute atomic E-state index is 13.0. The highest BCUT2D eigenvalue weighted by Gasteiger charge is 2.24. The largest absolute Gasteiger partial charge is 0.376 e. The van der Waals surface area contributed by atoms with Gasteiger partial charge in [-0.15, -0.1) is 11.8 Å². The van der Waals surface area contributed by atoms with Crippen LogP contribution in [0.3, 0.4) is 0 Å². The quantitative estimate of drug-likeness (QED) is 0.367. The van der Waals surface area contributed by atoms with Gasteiger partial charge in [-0.25, -0.2) is 0 Å². The van der Waals surface area contributed by atoms with E-state index < -0.39 is 10.8 Å². The van der Waals surface area contributed by atoms with Crippen LogP contribution in [0.5, 0.6) is 0 Å². The van der Waals surface area contributed by atoms with Crippen molar-refractivity contribution in [2.75, 3.05) is 18.9 Å². The van der Waals surface area contributed by atoms with Crippen LogP contribution in [-0.4, -0.2) is 51.6 Å². The number of amides is 2. The van der Waals surface area contributed by atoms with Gasteiger partial charge in [0.1, 0.15) is 0 Å². The minimum atomic E-state index is -0.745. The van der Waals surface area contributed by atoms with E-state index in [4.69, 9.17) is 10.5 Å². The molecule has 0 bridgehead atoms. The molecule has 1 fully saturated rings. The number of nitrogens with two attached hydrogens (primary N) is 1. The average Bonchev–Trinajstić information content (AvgIpc) is 3.25. The van der Waals surface area contributed by atoms with Gasteiger partial charge in [0.25, 0.3) is 5.69 Å². The van der Waals surface area contributed by atoms with E-state index in [2.05, 4.69) is 4.98 Å². The number of carbonyl (C=O) groups excluding carboxylic acids is 2. The van der Waals surface area contributed by atoms with Crippen molar-refractivity contribution in [3.05, 3.63) is 64.0 Å². The third-order valence-corrected chi connectivity index (χ3v) is 5.74. The predicted molar refractivity (Wildman–Crippen MR) is 111 cm³/mol. The third-order valence-electron chi connectivity index (χ3n) is 4.69. The molecule has 1 aromatic heterocycles. The highest BCUT2D eigenvalue weighted by molar-refractivity contribution is 8.00. The van der Waals surface area contributed by atoms with E-state index in [9.17, 15) is 19.7 Å². The van der Waals surface area contributed by atoms with Crippen molar-refractivity contribution in [1.29, 1.82) is 0 Å². The van der Waals surface area contributed by atoms with Crippen LogP contribution in [0.4, 0.5) is 5.69 Å². The number of carbonyl (C=O) groups is 2. The minimum absolute atomic E-state index is 0.0141. The lowest BCUT2D eigenvalue weighted by atomic mass is 10.2. The molecule has 9 nitrogen and oxygen atoms in total. The number of benzene rings is 1. The summed E-state index contributed by atoms with van der Waals surface area (Å²) in [6, 6.07) is 7.70. The molecule has 2 amide bonds. The molecule has 0 saturated carbocycles. The Balaban J connectivity index is 1.71. The lowest BCUT2D eigenvalue weighted by Crippen LogP contribution is -2.38. The summed E-state index contributed by atoms with van der Waals surface area (Å²) in [5.41, 5.74) is 5.90. The summed E-state index contributed by atoms with van der Waals surface area (Å²) in [7, 11) is 0. The normalized spacial score (nSPS) is 15.7. The zero-order chi connectivity index (χ0) is 21.5. The maximum atomic E-state index is 13.0.